The lowest BCUT2D eigenvalue weighted by molar-refractivity contribution is -0.129. The quantitative estimate of drug-likeness (QED) is 0.843. The van der Waals surface area contributed by atoms with E-state index in [1.807, 2.05) is 36.9 Å². The van der Waals surface area contributed by atoms with Crippen LogP contribution in [0.15, 0.2) is 24.3 Å². The first-order valence-electron chi connectivity index (χ1n) is 6.97. The molecule has 0 saturated heterocycles. The van der Waals surface area contributed by atoms with Crippen LogP contribution in [-0.2, 0) is 11.2 Å². The lowest BCUT2D eigenvalue weighted by atomic mass is 10.1. The van der Waals surface area contributed by atoms with Crippen molar-refractivity contribution in [2.45, 2.75) is 26.4 Å². The number of rotatable bonds is 6. The molecule has 1 aromatic carbocycles. The molecule has 0 aliphatic carbocycles. The van der Waals surface area contributed by atoms with E-state index in [1.165, 1.54) is 5.56 Å². The topological polar surface area (TPSA) is 41.6 Å². The van der Waals surface area contributed by atoms with Gasteiger partial charge in [-0.15, -0.1) is 0 Å². The van der Waals surface area contributed by atoms with Gasteiger partial charge < -0.3 is 15.0 Å². The SMILES string of the molecule is CCN(CC)C(=O)CNCC1Cc2ccccc2O1. The zero-order valence-electron chi connectivity index (χ0n) is 11.7. The van der Waals surface area contributed by atoms with Gasteiger partial charge in [-0.1, -0.05) is 18.2 Å². The Bertz CT molecular complexity index is 405. The highest BCUT2D eigenvalue weighted by atomic mass is 16.5. The Morgan fingerprint density at radius 1 is 1.37 bits per heavy atom. The monoisotopic (exact) mass is 262 g/mol. The first-order chi connectivity index (χ1) is 9.24. The van der Waals surface area contributed by atoms with Crippen LogP contribution in [0, 0.1) is 0 Å². The minimum atomic E-state index is 0.141. The molecule has 1 aromatic rings. The molecule has 0 saturated carbocycles. The first-order valence-corrected chi connectivity index (χ1v) is 6.97. The number of carbonyl (C=O) groups excluding carboxylic acids is 1. The number of nitrogens with one attached hydrogen (secondary N) is 1. The van der Waals surface area contributed by atoms with Crippen LogP contribution in [0.2, 0.25) is 0 Å². The summed E-state index contributed by atoms with van der Waals surface area (Å²) >= 11 is 0. The van der Waals surface area contributed by atoms with Crippen molar-refractivity contribution in [2.75, 3.05) is 26.2 Å². The van der Waals surface area contributed by atoms with Crippen molar-refractivity contribution in [3.63, 3.8) is 0 Å². The molecule has 104 valence electrons. The average molecular weight is 262 g/mol. The summed E-state index contributed by atoms with van der Waals surface area (Å²) in [6.07, 6.45) is 1.06. The highest BCUT2D eigenvalue weighted by Gasteiger charge is 2.22. The normalized spacial score (nSPS) is 16.8. The van der Waals surface area contributed by atoms with Gasteiger partial charge in [0.1, 0.15) is 11.9 Å². The molecule has 1 N–H and O–H groups in total. The van der Waals surface area contributed by atoms with Crippen molar-refractivity contribution in [2.24, 2.45) is 0 Å². The van der Waals surface area contributed by atoms with E-state index in [1.54, 1.807) is 0 Å². The third-order valence-electron chi connectivity index (χ3n) is 3.48. The maximum Gasteiger partial charge on any atom is 0.236 e. The zero-order valence-corrected chi connectivity index (χ0v) is 11.7. The Hall–Kier alpha value is -1.55. The Labute approximate surface area is 114 Å². The van der Waals surface area contributed by atoms with E-state index in [-0.39, 0.29) is 12.0 Å². The lowest BCUT2D eigenvalue weighted by Gasteiger charge is -2.19. The van der Waals surface area contributed by atoms with Crippen molar-refractivity contribution in [3.05, 3.63) is 29.8 Å². The van der Waals surface area contributed by atoms with Gasteiger partial charge in [-0.05, 0) is 25.5 Å². The van der Waals surface area contributed by atoms with Crippen LogP contribution in [-0.4, -0.2) is 43.1 Å². The second kappa shape index (κ2) is 6.57. The van der Waals surface area contributed by atoms with Crippen molar-refractivity contribution < 1.29 is 9.53 Å². The van der Waals surface area contributed by atoms with E-state index in [9.17, 15) is 4.79 Å². The zero-order chi connectivity index (χ0) is 13.7. The number of benzene rings is 1. The van der Waals surface area contributed by atoms with Crippen LogP contribution >= 0.6 is 0 Å². The molecular weight excluding hydrogens is 240 g/mol. The molecule has 4 nitrogen and oxygen atoms in total. The summed E-state index contributed by atoms with van der Waals surface area (Å²) in [5.74, 6) is 1.13. The van der Waals surface area contributed by atoms with Crippen molar-refractivity contribution in [1.82, 2.24) is 10.2 Å². The Morgan fingerprint density at radius 3 is 2.79 bits per heavy atom. The number of fused-ring (bicyclic) bond motifs is 1. The van der Waals surface area contributed by atoms with Crippen LogP contribution in [0.4, 0.5) is 0 Å². The third kappa shape index (κ3) is 3.47. The van der Waals surface area contributed by atoms with Gasteiger partial charge in [0, 0.05) is 26.1 Å². The summed E-state index contributed by atoms with van der Waals surface area (Å²) in [6.45, 7) is 6.63. The molecule has 0 spiro atoms. The van der Waals surface area contributed by atoms with E-state index >= 15 is 0 Å². The Kier molecular flexibility index (Phi) is 4.80. The molecular formula is C15H22N2O2. The Balaban J connectivity index is 1.72. The minimum Gasteiger partial charge on any atom is -0.488 e. The van der Waals surface area contributed by atoms with Crippen molar-refractivity contribution in [1.29, 1.82) is 0 Å². The van der Waals surface area contributed by atoms with Gasteiger partial charge in [0.15, 0.2) is 0 Å². The van der Waals surface area contributed by atoms with Gasteiger partial charge in [-0.3, -0.25) is 4.79 Å². The highest BCUT2D eigenvalue weighted by Crippen LogP contribution is 2.27. The lowest BCUT2D eigenvalue weighted by Crippen LogP contribution is -2.40. The molecule has 1 aliphatic heterocycles. The van der Waals surface area contributed by atoms with Gasteiger partial charge in [0.25, 0.3) is 0 Å². The molecule has 19 heavy (non-hydrogen) atoms. The number of hydrogen-bond donors (Lipinski definition) is 1. The predicted molar refractivity (Wildman–Crippen MR) is 75.4 cm³/mol. The summed E-state index contributed by atoms with van der Waals surface area (Å²) in [4.78, 5) is 13.7. The van der Waals surface area contributed by atoms with Crippen molar-refractivity contribution in [3.8, 4) is 5.75 Å². The fourth-order valence-electron chi connectivity index (χ4n) is 2.40. The molecule has 0 bridgehead atoms. The van der Waals surface area contributed by atoms with Gasteiger partial charge in [-0.25, -0.2) is 0 Å². The fraction of sp³-hybridized carbons (Fsp3) is 0.533. The summed E-state index contributed by atoms with van der Waals surface area (Å²) in [5, 5.41) is 3.19. The number of ether oxygens (including phenoxy) is 1. The van der Waals surface area contributed by atoms with E-state index in [2.05, 4.69) is 11.4 Å². The van der Waals surface area contributed by atoms with E-state index in [0.29, 0.717) is 13.1 Å². The summed E-state index contributed by atoms with van der Waals surface area (Å²) < 4.78 is 5.81. The van der Waals surface area contributed by atoms with Crippen LogP contribution in [0.1, 0.15) is 19.4 Å². The fourth-order valence-corrected chi connectivity index (χ4v) is 2.40. The van der Waals surface area contributed by atoms with Crippen LogP contribution in [0.5, 0.6) is 5.75 Å². The molecule has 1 aliphatic rings. The van der Waals surface area contributed by atoms with Crippen LogP contribution < -0.4 is 10.1 Å². The third-order valence-corrected chi connectivity index (χ3v) is 3.48. The standard InChI is InChI=1S/C15H22N2O2/c1-3-17(4-2)15(18)11-16-10-13-9-12-7-5-6-8-14(12)19-13/h5-8,13,16H,3-4,9-11H2,1-2H3. The number of hydrogen-bond acceptors (Lipinski definition) is 3. The molecule has 0 aromatic heterocycles. The average Bonchev–Trinajstić information content (AvgIpc) is 2.82. The minimum absolute atomic E-state index is 0.141. The molecule has 4 heteroatoms. The predicted octanol–water partition coefficient (Wildman–Crippen LogP) is 1.45. The molecule has 0 radical (unpaired) electrons. The van der Waals surface area contributed by atoms with Crippen LogP contribution in [0.25, 0.3) is 0 Å². The van der Waals surface area contributed by atoms with Crippen LogP contribution in [0.3, 0.4) is 0 Å². The molecule has 1 amide bonds. The number of nitrogens with zero attached hydrogens (tertiary/aromatic N) is 1. The van der Waals surface area contributed by atoms with Crippen molar-refractivity contribution >= 4 is 5.91 Å². The summed E-state index contributed by atoms with van der Waals surface area (Å²) in [5.41, 5.74) is 1.25. The summed E-state index contributed by atoms with van der Waals surface area (Å²) in [7, 11) is 0. The number of para-hydroxylation sites is 1. The molecule has 0 fully saturated rings. The molecule has 2 rings (SSSR count). The number of amides is 1. The second-order valence-electron chi connectivity index (χ2n) is 4.75. The smallest absolute Gasteiger partial charge is 0.236 e. The van der Waals surface area contributed by atoms with E-state index < -0.39 is 0 Å². The van der Waals surface area contributed by atoms with Gasteiger partial charge in [0.05, 0.1) is 6.54 Å². The van der Waals surface area contributed by atoms with E-state index in [0.717, 1.165) is 25.3 Å². The Morgan fingerprint density at radius 2 is 2.11 bits per heavy atom. The number of carbonyl (C=O) groups is 1. The van der Waals surface area contributed by atoms with E-state index in [4.69, 9.17) is 4.74 Å². The molecule has 1 atom stereocenters. The largest absolute Gasteiger partial charge is 0.488 e. The van der Waals surface area contributed by atoms with Gasteiger partial charge in [-0.2, -0.15) is 0 Å². The highest BCUT2D eigenvalue weighted by molar-refractivity contribution is 5.78. The first kappa shape index (κ1) is 13.9. The second-order valence-corrected chi connectivity index (χ2v) is 4.75. The summed E-state index contributed by atoms with van der Waals surface area (Å²) in [6, 6.07) is 8.10. The molecule has 1 heterocycles. The molecule has 1 unspecified atom stereocenters. The maximum absolute atomic E-state index is 11.8. The van der Waals surface area contributed by atoms with Gasteiger partial charge >= 0.3 is 0 Å². The maximum atomic E-state index is 11.8. The number of likely N-dealkylation sites (N-methyl/N-ethyl adjacent to an activating group) is 1. The van der Waals surface area contributed by atoms with Gasteiger partial charge in [0.2, 0.25) is 5.91 Å².